The summed E-state index contributed by atoms with van der Waals surface area (Å²) in [7, 11) is -5.08. The first kappa shape index (κ1) is 63.9. The minimum Gasteiger partial charge on any atom is -0.394 e. The average Bonchev–Trinajstić information content (AvgIpc) is 3.30. The van der Waals surface area contributed by atoms with E-state index in [1.807, 2.05) is 0 Å². The third kappa shape index (κ3) is 37.3. The number of carbonyl (C=O) groups is 1. The Labute approximate surface area is 410 Å². The number of amides is 1. The van der Waals surface area contributed by atoms with Gasteiger partial charge in [0.25, 0.3) is 0 Å². The molecule has 1 fully saturated rings. The molecule has 0 aromatic heterocycles. The topological polar surface area (TPSA) is 192 Å². The number of aliphatic hydroxyl groups excluding tert-OH is 4. The maximum Gasteiger partial charge on any atom is 0.397 e. The molecule has 1 saturated heterocycles. The van der Waals surface area contributed by atoms with E-state index in [2.05, 4.69) is 35.5 Å². The molecule has 1 amide bonds. The minimum atomic E-state index is -5.08. The van der Waals surface area contributed by atoms with Gasteiger partial charge in [0.2, 0.25) is 5.91 Å². The molecule has 13 heteroatoms. The van der Waals surface area contributed by atoms with Crippen molar-refractivity contribution in [1.82, 2.24) is 5.32 Å². The predicted octanol–water partition coefficient (Wildman–Crippen LogP) is 12.7. The van der Waals surface area contributed by atoms with E-state index in [9.17, 15) is 38.2 Å². The first-order chi connectivity index (χ1) is 32.5. The standard InChI is InChI=1S/C54H105NO11S/c1-3-5-7-9-11-13-15-17-19-21-23-24-25-26-28-30-32-34-36-38-40-42-44-50(58)55-47(46-64-54-52(60)53(66-67(61,62)63)51(59)49(45-56)65-54)48(57)43-41-39-37-35-33-31-29-27-22-20-18-16-14-12-10-8-6-4-2/h25-26,47-49,51-54,56-57,59-60H,3-24,27-46H2,1-2H3,(H,55,58)(H,61,62,63)/b26-25-. The van der Waals surface area contributed by atoms with Crippen molar-refractivity contribution in [1.29, 1.82) is 0 Å². The van der Waals surface area contributed by atoms with E-state index in [-0.39, 0.29) is 18.9 Å². The fourth-order valence-electron chi connectivity index (χ4n) is 9.22. The second kappa shape index (κ2) is 44.8. The van der Waals surface area contributed by atoms with Crippen molar-refractivity contribution in [2.75, 3.05) is 13.2 Å². The van der Waals surface area contributed by atoms with Gasteiger partial charge in [0, 0.05) is 6.42 Å². The number of ether oxygens (including phenoxy) is 2. The molecule has 0 bridgehead atoms. The Morgan fingerprint density at radius 2 is 0.955 bits per heavy atom. The molecule has 398 valence electrons. The van der Waals surface area contributed by atoms with Crippen molar-refractivity contribution in [2.24, 2.45) is 0 Å². The van der Waals surface area contributed by atoms with E-state index >= 15 is 0 Å². The molecule has 12 nitrogen and oxygen atoms in total. The lowest BCUT2D eigenvalue weighted by molar-refractivity contribution is -0.298. The zero-order valence-electron chi connectivity index (χ0n) is 43.0. The van der Waals surface area contributed by atoms with Gasteiger partial charge in [0.15, 0.2) is 6.29 Å². The van der Waals surface area contributed by atoms with Gasteiger partial charge < -0.3 is 35.2 Å². The highest BCUT2D eigenvalue weighted by molar-refractivity contribution is 7.80. The molecule has 1 aliphatic heterocycles. The smallest absolute Gasteiger partial charge is 0.394 e. The Balaban J connectivity index is 2.37. The second-order valence-electron chi connectivity index (χ2n) is 19.9. The molecule has 7 atom stereocenters. The summed E-state index contributed by atoms with van der Waals surface area (Å²) < 4.78 is 47.9. The van der Waals surface area contributed by atoms with E-state index in [0.717, 1.165) is 51.4 Å². The number of hydrogen-bond donors (Lipinski definition) is 6. The van der Waals surface area contributed by atoms with E-state index in [0.29, 0.717) is 12.8 Å². The summed E-state index contributed by atoms with van der Waals surface area (Å²) in [6.07, 6.45) is 43.5. The zero-order valence-corrected chi connectivity index (χ0v) is 43.8. The summed E-state index contributed by atoms with van der Waals surface area (Å²) in [6, 6.07) is -0.858. The molecule has 67 heavy (non-hydrogen) atoms. The third-order valence-corrected chi connectivity index (χ3v) is 14.0. The van der Waals surface area contributed by atoms with Crippen molar-refractivity contribution in [3.63, 3.8) is 0 Å². The molecule has 1 heterocycles. The van der Waals surface area contributed by atoms with Gasteiger partial charge in [0.1, 0.15) is 24.4 Å². The van der Waals surface area contributed by atoms with E-state index in [1.165, 1.54) is 186 Å². The monoisotopic (exact) mass is 976 g/mol. The highest BCUT2D eigenvalue weighted by Crippen LogP contribution is 2.26. The Hall–Kier alpha value is -1.16. The van der Waals surface area contributed by atoms with Crippen molar-refractivity contribution in [3.8, 4) is 0 Å². The number of allylic oxidation sites excluding steroid dienone is 2. The zero-order chi connectivity index (χ0) is 49.1. The first-order valence-electron chi connectivity index (χ1n) is 28.1. The van der Waals surface area contributed by atoms with Crippen LogP contribution in [0.1, 0.15) is 271 Å². The van der Waals surface area contributed by atoms with Crippen LogP contribution in [-0.4, -0.2) is 95.4 Å². The van der Waals surface area contributed by atoms with Crippen LogP contribution in [0.3, 0.4) is 0 Å². The number of rotatable bonds is 49. The Morgan fingerprint density at radius 1 is 0.582 bits per heavy atom. The van der Waals surface area contributed by atoms with Crippen LogP contribution in [-0.2, 0) is 28.9 Å². The highest BCUT2D eigenvalue weighted by atomic mass is 32.3. The largest absolute Gasteiger partial charge is 0.397 e. The van der Waals surface area contributed by atoms with Gasteiger partial charge in [-0.1, -0.05) is 238 Å². The molecule has 0 aliphatic carbocycles. The number of carbonyl (C=O) groups excluding carboxylic acids is 1. The lowest BCUT2D eigenvalue weighted by Gasteiger charge is -2.41. The molecule has 0 radical (unpaired) electrons. The van der Waals surface area contributed by atoms with Crippen LogP contribution in [0.15, 0.2) is 12.2 Å². The van der Waals surface area contributed by atoms with Gasteiger partial charge in [0.05, 0.1) is 25.4 Å². The fraction of sp³-hybridized carbons (Fsp3) is 0.944. The van der Waals surface area contributed by atoms with E-state index < -0.39 is 59.9 Å². The number of aliphatic hydroxyl groups is 4. The molecule has 1 aliphatic rings. The van der Waals surface area contributed by atoms with Gasteiger partial charge in [-0.2, -0.15) is 8.42 Å². The normalized spacial score (nSPS) is 19.9. The summed E-state index contributed by atoms with van der Waals surface area (Å²) in [5, 5.41) is 45.1. The molecule has 0 aromatic carbocycles. The van der Waals surface area contributed by atoms with Crippen LogP contribution >= 0.6 is 0 Å². The highest BCUT2D eigenvalue weighted by Gasteiger charge is 2.48. The van der Waals surface area contributed by atoms with E-state index in [4.69, 9.17) is 9.47 Å². The summed E-state index contributed by atoms with van der Waals surface area (Å²) in [5.41, 5.74) is 0. The molecule has 0 saturated carbocycles. The Bertz CT molecular complexity index is 1240. The van der Waals surface area contributed by atoms with Crippen molar-refractivity contribution >= 4 is 16.3 Å². The maximum absolute atomic E-state index is 13.1. The molecule has 1 rings (SSSR count). The SMILES string of the molecule is CCCCCCCCCCCCC/C=C\CCCCCCCCCC(=O)NC(COC1OC(CO)C(O)C(OS(=O)(=O)O)C1O)C(O)CCCCCCCCCCCCCCCCCCCC. The number of nitrogens with one attached hydrogen (secondary N) is 1. The second-order valence-corrected chi connectivity index (χ2v) is 20.9. The first-order valence-corrected chi connectivity index (χ1v) is 29.4. The van der Waals surface area contributed by atoms with Gasteiger partial charge >= 0.3 is 10.4 Å². The predicted molar refractivity (Wildman–Crippen MR) is 273 cm³/mol. The van der Waals surface area contributed by atoms with Crippen LogP contribution in [0.2, 0.25) is 0 Å². The van der Waals surface area contributed by atoms with Gasteiger partial charge in [-0.15, -0.1) is 0 Å². The average molecular weight is 976 g/mol. The summed E-state index contributed by atoms with van der Waals surface area (Å²) in [6.45, 7) is 3.49. The lowest BCUT2D eigenvalue weighted by Crippen LogP contribution is -2.61. The van der Waals surface area contributed by atoms with Crippen LogP contribution in [0.25, 0.3) is 0 Å². The van der Waals surface area contributed by atoms with Gasteiger partial charge in [-0.3, -0.25) is 9.35 Å². The fourth-order valence-corrected chi connectivity index (χ4v) is 9.73. The molecule has 0 aromatic rings. The number of unbranched alkanes of at least 4 members (excludes halogenated alkanes) is 35. The van der Waals surface area contributed by atoms with Gasteiger partial charge in [-0.25, -0.2) is 4.18 Å². The molecule has 6 N–H and O–H groups in total. The van der Waals surface area contributed by atoms with Crippen LogP contribution in [0, 0.1) is 0 Å². The van der Waals surface area contributed by atoms with Crippen molar-refractivity contribution < 1.29 is 51.8 Å². The summed E-state index contributed by atoms with van der Waals surface area (Å²) in [4.78, 5) is 13.1. The molecular weight excluding hydrogens is 871 g/mol. The van der Waals surface area contributed by atoms with Crippen LogP contribution in [0.4, 0.5) is 0 Å². The summed E-state index contributed by atoms with van der Waals surface area (Å²) >= 11 is 0. The molecule has 0 spiro atoms. The minimum absolute atomic E-state index is 0.230. The Kier molecular flexibility index (Phi) is 42.7. The third-order valence-electron chi connectivity index (χ3n) is 13.6. The molecule has 7 unspecified atom stereocenters. The lowest BCUT2D eigenvalue weighted by atomic mass is 9.99. The van der Waals surface area contributed by atoms with E-state index in [1.54, 1.807) is 0 Å². The maximum atomic E-state index is 13.1. The van der Waals surface area contributed by atoms with Crippen LogP contribution < -0.4 is 5.32 Å². The number of hydrogen-bond acceptors (Lipinski definition) is 10. The quantitative estimate of drug-likeness (QED) is 0.0193. The molecular formula is C54H105NO11S. The van der Waals surface area contributed by atoms with Gasteiger partial charge in [-0.05, 0) is 38.5 Å². The van der Waals surface area contributed by atoms with Crippen molar-refractivity contribution in [2.45, 2.75) is 314 Å². The Morgan fingerprint density at radius 3 is 1.34 bits per heavy atom. The van der Waals surface area contributed by atoms with Crippen LogP contribution in [0.5, 0.6) is 0 Å². The van der Waals surface area contributed by atoms with Crippen molar-refractivity contribution in [3.05, 3.63) is 12.2 Å². The summed E-state index contributed by atoms with van der Waals surface area (Å²) in [5.74, 6) is -0.230.